The van der Waals surface area contributed by atoms with Crippen LogP contribution in [0.4, 0.5) is 10.2 Å². The van der Waals surface area contributed by atoms with Crippen molar-refractivity contribution in [1.82, 2.24) is 10.2 Å². The maximum atomic E-state index is 13.2. The normalized spacial score (nSPS) is 10.3. The Morgan fingerprint density at radius 3 is 2.89 bits per heavy atom. The molecule has 0 spiro atoms. The topological polar surface area (TPSA) is 67.0 Å². The van der Waals surface area contributed by atoms with E-state index >= 15 is 0 Å². The second-order valence-corrected chi connectivity index (χ2v) is 3.94. The largest absolute Gasteiger partial charge is 0.494 e. The zero-order chi connectivity index (χ0) is 13.8. The molecule has 1 aromatic carbocycles. The molecule has 2 N–H and O–H groups in total. The first-order chi connectivity index (χ1) is 9.13. The molecule has 1 amide bonds. The van der Waals surface area contributed by atoms with E-state index in [1.807, 2.05) is 6.92 Å². The highest BCUT2D eigenvalue weighted by atomic mass is 19.1. The van der Waals surface area contributed by atoms with Crippen molar-refractivity contribution >= 4 is 11.7 Å². The molecule has 0 radical (unpaired) electrons. The molecule has 0 saturated heterocycles. The summed E-state index contributed by atoms with van der Waals surface area (Å²) >= 11 is 0. The van der Waals surface area contributed by atoms with E-state index in [0.29, 0.717) is 11.4 Å². The SMILES string of the molecule is CCc1cc(NC(=O)c2ccc(F)c(OC)c2)n[nH]1. The summed E-state index contributed by atoms with van der Waals surface area (Å²) < 4.78 is 18.1. The van der Waals surface area contributed by atoms with Crippen LogP contribution in [0.3, 0.4) is 0 Å². The zero-order valence-corrected chi connectivity index (χ0v) is 10.7. The number of aromatic nitrogens is 2. The Morgan fingerprint density at radius 2 is 2.26 bits per heavy atom. The van der Waals surface area contributed by atoms with Gasteiger partial charge in [0.2, 0.25) is 0 Å². The second kappa shape index (κ2) is 5.51. The van der Waals surface area contributed by atoms with Gasteiger partial charge >= 0.3 is 0 Å². The monoisotopic (exact) mass is 263 g/mol. The lowest BCUT2D eigenvalue weighted by molar-refractivity contribution is 0.102. The molecular formula is C13H14FN3O2. The number of methoxy groups -OCH3 is 1. The summed E-state index contributed by atoms with van der Waals surface area (Å²) in [5, 5.41) is 9.37. The Hall–Kier alpha value is -2.37. The van der Waals surface area contributed by atoms with E-state index in [-0.39, 0.29) is 11.7 Å². The lowest BCUT2D eigenvalue weighted by Crippen LogP contribution is -2.12. The van der Waals surface area contributed by atoms with Gasteiger partial charge < -0.3 is 10.1 Å². The van der Waals surface area contributed by atoms with Gasteiger partial charge in [-0.15, -0.1) is 0 Å². The van der Waals surface area contributed by atoms with Crippen LogP contribution in [0.2, 0.25) is 0 Å². The van der Waals surface area contributed by atoms with Crippen LogP contribution in [-0.4, -0.2) is 23.2 Å². The first-order valence-electron chi connectivity index (χ1n) is 5.83. The van der Waals surface area contributed by atoms with E-state index in [1.54, 1.807) is 6.07 Å². The number of hydrogen-bond acceptors (Lipinski definition) is 3. The van der Waals surface area contributed by atoms with Gasteiger partial charge in [0.1, 0.15) is 0 Å². The molecule has 0 aliphatic carbocycles. The molecule has 0 atom stereocenters. The molecule has 0 unspecified atom stereocenters. The smallest absolute Gasteiger partial charge is 0.257 e. The van der Waals surface area contributed by atoms with Gasteiger partial charge in [0, 0.05) is 17.3 Å². The minimum atomic E-state index is -0.507. The summed E-state index contributed by atoms with van der Waals surface area (Å²) in [5.74, 6) is -0.409. The Bertz CT molecular complexity index is 595. The van der Waals surface area contributed by atoms with Crippen molar-refractivity contribution in [3.05, 3.63) is 41.3 Å². The number of aromatic amines is 1. The average molecular weight is 263 g/mol. The fourth-order valence-electron chi connectivity index (χ4n) is 1.60. The van der Waals surface area contributed by atoms with Gasteiger partial charge in [-0.25, -0.2) is 4.39 Å². The van der Waals surface area contributed by atoms with Crippen LogP contribution in [0, 0.1) is 5.82 Å². The van der Waals surface area contributed by atoms with Gasteiger partial charge in [-0.2, -0.15) is 5.10 Å². The fraction of sp³-hybridized carbons (Fsp3) is 0.231. The molecule has 0 aliphatic heterocycles. The molecule has 0 saturated carbocycles. The van der Waals surface area contributed by atoms with Crippen molar-refractivity contribution in [1.29, 1.82) is 0 Å². The quantitative estimate of drug-likeness (QED) is 0.889. The molecule has 0 bridgehead atoms. The molecule has 2 rings (SSSR count). The number of nitrogens with one attached hydrogen (secondary N) is 2. The van der Waals surface area contributed by atoms with Crippen LogP contribution in [0.5, 0.6) is 5.75 Å². The van der Waals surface area contributed by atoms with E-state index in [9.17, 15) is 9.18 Å². The third-order valence-electron chi connectivity index (χ3n) is 2.67. The first-order valence-corrected chi connectivity index (χ1v) is 5.83. The molecule has 1 aromatic heterocycles. The van der Waals surface area contributed by atoms with Gasteiger partial charge in [0.15, 0.2) is 17.4 Å². The number of amides is 1. The highest BCUT2D eigenvalue weighted by Gasteiger charge is 2.11. The Balaban J connectivity index is 2.15. The molecule has 6 heteroatoms. The summed E-state index contributed by atoms with van der Waals surface area (Å²) in [5.41, 5.74) is 1.23. The van der Waals surface area contributed by atoms with Gasteiger partial charge in [-0.3, -0.25) is 9.89 Å². The number of aryl methyl sites for hydroxylation is 1. The number of anilines is 1. The molecule has 5 nitrogen and oxygen atoms in total. The van der Waals surface area contributed by atoms with Crippen LogP contribution in [-0.2, 0) is 6.42 Å². The molecule has 1 heterocycles. The number of nitrogens with zero attached hydrogens (tertiary/aromatic N) is 1. The molecule has 0 fully saturated rings. The number of ether oxygens (including phenoxy) is 1. The zero-order valence-electron chi connectivity index (χ0n) is 10.7. The summed E-state index contributed by atoms with van der Waals surface area (Å²) in [4.78, 5) is 11.9. The first kappa shape index (κ1) is 13.1. The standard InChI is InChI=1S/C13H14FN3O2/c1-3-9-7-12(17-16-9)15-13(18)8-4-5-10(14)11(6-8)19-2/h4-7H,3H2,1-2H3,(H2,15,16,17,18). The minimum Gasteiger partial charge on any atom is -0.494 e. The molecule has 19 heavy (non-hydrogen) atoms. The van der Waals surface area contributed by atoms with Gasteiger partial charge in [-0.05, 0) is 24.6 Å². The van der Waals surface area contributed by atoms with Crippen LogP contribution in [0.15, 0.2) is 24.3 Å². The van der Waals surface area contributed by atoms with Crippen molar-refractivity contribution in [2.24, 2.45) is 0 Å². The van der Waals surface area contributed by atoms with Crippen LogP contribution < -0.4 is 10.1 Å². The van der Waals surface area contributed by atoms with Crippen molar-refractivity contribution in [2.75, 3.05) is 12.4 Å². The molecule has 0 aliphatic rings. The minimum absolute atomic E-state index is 0.0314. The average Bonchev–Trinajstić information content (AvgIpc) is 2.86. The number of halogens is 1. The lowest BCUT2D eigenvalue weighted by atomic mass is 10.2. The highest BCUT2D eigenvalue weighted by Crippen LogP contribution is 2.19. The maximum Gasteiger partial charge on any atom is 0.257 e. The molecular weight excluding hydrogens is 249 g/mol. The lowest BCUT2D eigenvalue weighted by Gasteiger charge is -2.05. The fourth-order valence-corrected chi connectivity index (χ4v) is 1.60. The summed E-state index contributed by atoms with van der Waals surface area (Å²) in [6.07, 6.45) is 0.799. The van der Waals surface area contributed by atoms with Crippen molar-refractivity contribution in [3.8, 4) is 5.75 Å². The highest BCUT2D eigenvalue weighted by molar-refractivity contribution is 6.04. The maximum absolute atomic E-state index is 13.2. The van der Waals surface area contributed by atoms with Gasteiger partial charge in [0.25, 0.3) is 5.91 Å². The molecule has 100 valence electrons. The summed E-state index contributed by atoms with van der Waals surface area (Å²) in [6, 6.07) is 5.67. The predicted octanol–water partition coefficient (Wildman–Crippen LogP) is 2.37. The van der Waals surface area contributed by atoms with E-state index < -0.39 is 5.82 Å². The van der Waals surface area contributed by atoms with E-state index in [4.69, 9.17) is 4.74 Å². The summed E-state index contributed by atoms with van der Waals surface area (Å²) in [6.45, 7) is 1.98. The predicted molar refractivity (Wildman–Crippen MR) is 68.9 cm³/mol. The van der Waals surface area contributed by atoms with E-state index in [2.05, 4.69) is 15.5 Å². The third kappa shape index (κ3) is 2.90. The van der Waals surface area contributed by atoms with Crippen LogP contribution in [0.25, 0.3) is 0 Å². The third-order valence-corrected chi connectivity index (χ3v) is 2.67. The van der Waals surface area contributed by atoms with Gasteiger partial charge in [0.05, 0.1) is 7.11 Å². The van der Waals surface area contributed by atoms with Gasteiger partial charge in [-0.1, -0.05) is 6.92 Å². The number of H-pyrrole nitrogens is 1. The number of rotatable bonds is 4. The second-order valence-electron chi connectivity index (χ2n) is 3.94. The number of carbonyl (C=O) groups excluding carboxylic acids is 1. The Kier molecular flexibility index (Phi) is 3.79. The molecule has 2 aromatic rings. The van der Waals surface area contributed by atoms with Crippen LogP contribution >= 0.6 is 0 Å². The van der Waals surface area contributed by atoms with Crippen molar-refractivity contribution < 1.29 is 13.9 Å². The van der Waals surface area contributed by atoms with Crippen molar-refractivity contribution in [2.45, 2.75) is 13.3 Å². The Labute approximate surface area is 109 Å². The van der Waals surface area contributed by atoms with Crippen molar-refractivity contribution in [3.63, 3.8) is 0 Å². The van der Waals surface area contributed by atoms with E-state index in [1.165, 1.54) is 25.3 Å². The summed E-state index contributed by atoms with van der Waals surface area (Å²) in [7, 11) is 1.35. The van der Waals surface area contributed by atoms with Crippen LogP contribution in [0.1, 0.15) is 23.0 Å². The number of hydrogen-bond donors (Lipinski definition) is 2. The number of benzene rings is 1. The number of carbonyl (C=O) groups is 1. The van der Waals surface area contributed by atoms with E-state index in [0.717, 1.165) is 12.1 Å². The Morgan fingerprint density at radius 1 is 1.47 bits per heavy atom.